The molecule has 98 valence electrons. The largest absolute Gasteiger partial charge is 0.496 e. The second-order valence-electron chi connectivity index (χ2n) is 3.76. The van der Waals surface area contributed by atoms with Crippen LogP contribution < -0.4 is 16.0 Å². The van der Waals surface area contributed by atoms with Crippen molar-refractivity contribution in [1.29, 1.82) is 0 Å². The third kappa shape index (κ3) is 2.89. The fourth-order valence-corrected chi connectivity index (χ4v) is 1.70. The van der Waals surface area contributed by atoms with E-state index in [0.29, 0.717) is 11.4 Å². The first-order valence-electron chi connectivity index (χ1n) is 5.69. The molecule has 0 amide bonds. The summed E-state index contributed by atoms with van der Waals surface area (Å²) in [5, 5.41) is 0. The number of aliphatic imine (C=N–C) groups is 1. The van der Waals surface area contributed by atoms with E-state index in [-0.39, 0.29) is 11.4 Å². The maximum atomic E-state index is 13.9. The molecule has 0 aromatic heterocycles. The first-order valence-corrected chi connectivity index (χ1v) is 5.69. The molecular weight excluding hydrogens is 245 g/mol. The molecule has 3 N–H and O–H groups in total. The van der Waals surface area contributed by atoms with Gasteiger partial charge in [0.1, 0.15) is 11.6 Å². The lowest BCUT2D eigenvalue weighted by Crippen LogP contribution is -2.32. The lowest BCUT2D eigenvalue weighted by atomic mass is 10.1. The van der Waals surface area contributed by atoms with Gasteiger partial charge in [-0.15, -0.1) is 0 Å². The van der Waals surface area contributed by atoms with Gasteiger partial charge in [-0.2, -0.15) is 0 Å². The van der Waals surface area contributed by atoms with Gasteiger partial charge in [0.15, 0.2) is 5.84 Å². The van der Waals surface area contributed by atoms with Gasteiger partial charge >= 0.3 is 0 Å². The molecule has 0 unspecified atom stereocenters. The zero-order valence-corrected chi connectivity index (χ0v) is 10.4. The quantitative estimate of drug-likeness (QED) is 0.385. The van der Waals surface area contributed by atoms with Crippen LogP contribution in [0.15, 0.2) is 53.5 Å². The summed E-state index contributed by atoms with van der Waals surface area (Å²) in [5.41, 5.74) is 3.28. The van der Waals surface area contributed by atoms with Gasteiger partial charge in [-0.25, -0.2) is 15.2 Å². The van der Waals surface area contributed by atoms with Gasteiger partial charge in [-0.3, -0.25) is 0 Å². The third-order valence-electron chi connectivity index (χ3n) is 2.57. The molecule has 0 radical (unpaired) electrons. The van der Waals surface area contributed by atoms with Gasteiger partial charge in [0.2, 0.25) is 0 Å². The van der Waals surface area contributed by atoms with Crippen LogP contribution >= 0.6 is 0 Å². The molecule has 19 heavy (non-hydrogen) atoms. The van der Waals surface area contributed by atoms with Crippen LogP contribution in [0.2, 0.25) is 0 Å². The van der Waals surface area contributed by atoms with Crippen molar-refractivity contribution in [2.24, 2.45) is 10.8 Å². The third-order valence-corrected chi connectivity index (χ3v) is 2.57. The number of ether oxygens (including phenoxy) is 1. The van der Waals surface area contributed by atoms with E-state index >= 15 is 0 Å². The van der Waals surface area contributed by atoms with E-state index in [0.717, 1.165) is 0 Å². The van der Waals surface area contributed by atoms with E-state index in [4.69, 9.17) is 10.6 Å². The van der Waals surface area contributed by atoms with Crippen LogP contribution in [-0.4, -0.2) is 12.9 Å². The Morgan fingerprint density at radius 2 is 1.89 bits per heavy atom. The Balaban J connectivity index is 2.51. The number of para-hydroxylation sites is 1. The maximum absolute atomic E-state index is 13.9. The van der Waals surface area contributed by atoms with Crippen LogP contribution in [0.5, 0.6) is 5.75 Å². The minimum atomic E-state index is -0.452. The van der Waals surface area contributed by atoms with Crippen LogP contribution in [-0.2, 0) is 0 Å². The highest BCUT2D eigenvalue weighted by molar-refractivity contribution is 6.02. The monoisotopic (exact) mass is 259 g/mol. The summed E-state index contributed by atoms with van der Waals surface area (Å²) in [7, 11) is 1.47. The van der Waals surface area contributed by atoms with Gasteiger partial charge in [-0.05, 0) is 24.3 Å². The molecule has 0 aliphatic rings. The molecule has 4 nitrogen and oxygen atoms in total. The molecule has 0 heterocycles. The summed E-state index contributed by atoms with van der Waals surface area (Å²) in [6.07, 6.45) is 0. The zero-order chi connectivity index (χ0) is 13.7. The molecular formula is C14H14FN3O. The molecule has 5 heteroatoms. The second-order valence-corrected chi connectivity index (χ2v) is 3.76. The lowest BCUT2D eigenvalue weighted by Gasteiger charge is -2.11. The summed E-state index contributed by atoms with van der Waals surface area (Å²) in [6, 6.07) is 13.7. The highest BCUT2D eigenvalue weighted by Gasteiger charge is 2.14. The number of hydrogen-bond acceptors (Lipinski definition) is 3. The normalized spacial score (nSPS) is 11.2. The Morgan fingerprint density at radius 3 is 2.53 bits per heavy atom. The fourth-order valence-electron chi connectivity index (χ4n) is 1.70. The Morgan fingerprint density at radius 1 is 1.16 bits per heavy atom. The summed E-state index contributed by atoms with van der Waals surface area (Å²) in [5.74, 6) is 5.57. The van der Waals surface area contributed by atoms with Crippen molar-refractivity contribution < 1.29 is 9.13 Å². The number of benzene rings is 2. The lowest BCUT2D eigenvalue weighted by molar-refractivity contribution is 0.410. The molecule has 0 bridgehead atoms. The van der Waals surface area contributed by atoms with E-state index < -0.39 is 5.82 Å². The minimum Gasteiger partial charge on any atom is -0.496 e. The number of amidine groups is 1. The molecule has 0 atom stereocenters. The van der Waals surface area contributed by atoms with Gasteiger partial charge < -0.3 is 10.2 Å². The molecule has 2 aromatic carbocycles. The summed E-state index contributed by atoms with van der Waals surface area (Å²) < 4.78 is 19.1. The molecule has 0 saturated heterocycles. The first kappa shape index (κ1) is 13.0. The number of rotatable bonds is 3. The standard InChI is InChI=1S/C14H14FN3O/c1-19-12-9-5-8-11(15)13(12)14(18-16)17-10-6-3-2-4-7-10/h2-9H,16H2,1H3,(H,17,18). The maximum Gasteiger partial charge on any atom is 0.154 e. The highest BCUT2D eigenvalue weighted by Crippen LogP contribution is 2.23. The number of halogens is 1. The average molecular weight is 259 g/mol. The van der Waals surface area contributed by atoms with Crippen molar-refractivity contribution >= 4 is 11.5 Å². The summed E-state index contributed by atoms with van der Waals surface area (Å²) in [4.78, 5) is 4.28. The van der Waals surface area contributed by atoms with Gasteiger partial charge in [-0.1, -0.05) is 24.3 Å². The van der Waals surface area contributed by atoms with E-state index in [2.05, 4.69) is 10.4 Å². The number of methoxy groups -OCH3 is 1. The van der Waals surface area contributed by atoms with Crippen LogP contribution in [0.3, 0.4) is 0 Å². The first-order chi connectivity index (χ1) is 9.26. The summed E-state index contributed by atoms with van der Waals surface area (Å²) in [6.45, 7) is 0. The number of nitrogens with two attached hydrogens (primary N) is 1. The Hall–Kier alpha value is -2.40. The molecule has 0 spiro atoms. The van der Waals surface area contributed by atoms with Crippen molar-refractivity contribution in [2.75, 3.05) is 7.11 Å². The second kappa shape index (κ2) is 5.97. The van der Waals surface area contributed by atoms with Crippen molar-refractivity contribution in [2.45, 2.75) is 0 Å². The van der Waals surface area contributed by atoms with Gasteiger partial charge in [0, 0.05) is 0 Å². The SMILES string of the molecule is COc1cccc(F)c1C(=Nc1ccccc1)NN. The molecule has 0 saturated carbocycles. The molecule has 0 aliphatic carbocycles. The van der Waals surface area contributed by atoms with Crippen LogP contribution in [0, 0.1) is 5.82 Å². The highest BCUT2D eigenvalue weighted by atomic mass is 19.1. The van der Waals surface area contributed by atoms with Crippen LogP contribution in [0.25, 0.3) is 0 Å². The van der Waals surface area contributed by atoms with Crippen LogP contribution in [0.1, 0.15) is 5.56 Å². The number of hydrogen-bond donors (Lipinski definition) is 2. The number of nitrogens with zero attached hydrogens (tertiary/aromatic N) is 1. The number of nitrogens with one attached hydrogen (secondary N) is 1. The van der Waals surface area contributed by atoms with E-state index in [1.165, 1.54) is 13.2 Å². The Bertz CT molecular complexity index is 584. The van der Waals surface area contributed by atoms with Crippen molar-refractivity contribution in [3.63, 3.8) is 0 Å². The Labute approximate surface area is 110 Å². The smallest absolute Gasteiger partial charge is 0.154 e. The average Bonchev–Trinajstić information content (AvgIpc) is 2.46. The Kier molecular flexibility index (Phi) is 4.10. The van der Waals surface area contributed by atoms with E-state index in [1.807, 2.05) is 18.2 Å². The van der Waals surface area contributed by atoms with Crippen molar-refractivity contribution in [3.05, 3.63) is 59.9 Å². The predicted octanol–water partition coefficient (Wildman–Crippen LogP) is 2.38. The molecule has 2 aromatic rings. The van der Waals surface area contributed by atoms with E-state index in [9.17, 15) is 4.39 Å². The minimum absolute atomic E-state index is 0.205. The molecule has 0 aliphatic heterocycles. The van der Waals surface area contributed by atoms with Gasteiger partial charge in [0.05, 0.1) is 18.4 Å². The summed E-state index contributed by atoms with van der Waals surface area (Å²) >= 11 is 0. The molecule has 2 rings (SSSR count). The van der Waals surface area contributed by atoms with Gasteiger partial charge in [0.25, 0.3) is 0 Å². The zero-order valence-electron chi connectivity index (χ0n) is 10.4. The topological polar surface area (TPSA) is 59.6 Å². The number of hydrazine groups is 1. The fraction of sp³-hybridized carbons (Fsp3) is 0.0714. The molecule has 0 fully saturated rings. The van der Waals surface area contributed by atoms with Crippen molar-refractivity contribution in [1.82, 2.24) is 5.43 Å². The van der Waals surface area contributed by atoms with Crippen LogP contribution in [0.4, 0.5) is 10.1 Å². The van der Waals surface area contributed by atoms with Crippen molar-refractivity contribution in [3.8, 4) is 5.75 Å². The predicted molar refractivity (Wildman–Crippen MR) is 72.9 cm³/mol. The van der Waals surface area contributed by atoms with E-state index in [1.54, 1.807) is 24.3 Å².